The normalized spacial score (nSPS) is 26.6. The molecule has 0 aromatic carbocycles. The molecule has 0 unspecified atom stereocenters. The highest BCUT2D eigenvalue weighted by Crippen LogP contribution is 2.39. The van der Waals surface area contributed by atoms with Crippen molar-refractivity contribution in [2.24, 2.45) is 0 Å². The first-order valence-corrected chi connectivity index (χ1v) is 7.68. The van der Waals surface area contributed by atoms with E-state index in [4.69, 9.17) is 14.5 Å². The number of hydrogen-bond donors (Lipinski definition) is 5. The maximum Gasteiger partial charge on any atom is 0.524 e. The Morgan fingerprint density at radius 2 is 2.13 bits per heavy atom. The molecule has 12 nitrogen and oxygen atoms in total. The lowest BCUT2D eigenvalue weighted by atomic mass is 10.2. The molecule has 0 aliphatic carbocycles. The minimum absolute atomic E-state index is 0.00156. The molecule has 5 N–H and O–H groups in total. The van der Waals surface area contributed by atoms with Gasteiger partial charge in [0.05, 0.1) is 6.33 Å². The zero-order valence-corrected chi connectivity index (χ0v) is 12.1. The molecule has 0 amide bonds. The fraction of sp³-hybridized carbons (Fsp3) is 0.300. The molecule has 3 heterocycles. The molecule has 1 saturated heterocycles. The van der Waals surface area contributed by atoms with Gasteiger partial charge in [-0.15, -0.1) is 0 Å². The van der Waals surface area contributed by atoms with E-state index in [9.17, 15) is 19.6 Å². The van der Waals surface area contributed by atoms with E-state index in [1.807, 2.05) is 0 Å². The van der Waals surface area contributed by atoms with E-state index < -0.39 is 37.6 Å². The van der Waals surface area contributed by atoms with Gasteiger partial charge < -0.3 is 24.5 Å². The maximum atomic E-state index is 11.6. The summed E-state index contributed by atoms with van der Waals surface area (Å²) >= 11 is 0. The van der Waals surface area contributed by atoms with Gasteiger partial charge in [0.1, 0.15) is 24.8 Å². The van der Waals surface area contributed by atoms with Crippen LogP contribution < -0.4 is 5.56 Å². The van der Waals surface area contributed by atoms with Gasteiger partial charge >= 0.3 is 7.82 Å². The van der Waals surface area contributed by atoms with Crippen LogP contribution >= 0.6 is 7.82 Å². The second kappa shape index (κ2) is 5.44. The Morgan fingerprint density at radius 1 is 1.39 bits per heavy atom. The standard InChI is InChI=1S/C10H11N4O8P/c15-6-4(1-21-23(18,19)20)22-10(7(6)16)14-3-13-5-8(14)11-2-12-9(5)17/h1-3,6-7,10,15-16H,(H,11,12,17)(H2,18,19,20)/b4-1-/t6-,7-,10-/m1/s1. The van der Waals surface area contributed by atoms with Crippen LogP contribution in [0, 0.1) is 0 Å². The van der Waals surface area contributed by atoms with E-state index in [-0.39, 0.29) is 11.2 Å². The zero-order chi connectivity index (χ0) is 16.8. The van der Waals surface area contributed by atoms with E-state index in [0.717, 1.165) is 6.33 Å². The van der Waals surface area contributed by atoms with E-state index in [0.29, 0.717) is 6.26 Å². The summed E-state index contributed by atoms with van der Waals surface area (Å²) in [6.07, 6.45) is -1.47. The molecule has 124 valence electrons. The van der Waals surface area contributed by atoms with Crippen LogP contribution in [0.15, 0.2) is 29.5 Å². The largest absolute Gasteiger partial charge is 0.524 e. The third-order valence-electron chi connectivity index (χ3n) is 3.11. The van der Waals surface area contributed by atoms with Crippen LogP contribution in [0.4, 0.5) is 0 Å². The van der Waals surface area contributed by atoms with Crippen molar-refractivity contribution in [1.82, 2.24) is 19.5 Å². The Balaban J connectivity index is 1.96. The van der Waals surface area contributed by atoms with Crippen molar-refractivity contribution < 1.29 is 33.8 Å². The Labute approximate surface area is 126 Å². The number of fused-ring (bicyclic) bond motifs is 1. The predicted octanol–water partition coefficient (Wildman–Crippen LogP) is -1.68. The summed E-state index contributed by atoms with van der Waals surface area (Å²) in [5.74, 6) is -0.391. The first kappa shape index (κ1) is 15.6. The molecule has 2 aromatic rings. The van der Waals surface area contributed by atoms with Gasteiger partial charge in [-0.25, -0.2) is 14.5 Å². The maximum absolute atomic E-state index is 11.6. The van der Waals surface area contributed by atoms with Crippen LogP contribution in [-0.2, 0) is 13.8 Å². The van der Waals surface area contributed by atoms with Crippen LogP contribution in [0.5, 0.6) is 0 Å². The number of aromatic nitrogens is 4. The van der Waals surface area contributed by atoms with Crippen molar-refractivity contribution in [2.45, 2.75) is 18.4 Å². The number of H-pyrrole nitrogens is 1. The quantitative estimate of drug-likeness (QED) is 0.318. The number of rotatable bonds is 3. The molecule has 1 fully saturated rings. The summed E-state index contributed by atoms with van der Waals surface area (Å²) < 4.78 is 21.2. The SMILES string of the molecule is O=c1[nH]cnc2c1ncn2[C@@H]1O/C(=C\OP(=O)(O)O)[C@@H](O)[C@H]1O. The summed E-state index contributed by atoms with van der Waals surface area (Å²) in [5, 5.41) is 19.9. The lowest BCUT2D eigenvalue weighted by molar-refractivity contribution is -0.0121. The number of phosphoric ester groups is 1. The van der Waals surface area contributed by atoms with Gasteiger partial charge in [0.25, 0.3) is 5.56 Å². The molecule has 0 saturated carbocycles. The topological polar surface area (TPSA) is 180 Å². The molecule has 2 aromatic heterocycles. The van der Waals surface area contributed by atoms with E-state index in [1.54, 1.807) is 0 Å². The Kier molecular flexibility index (Phi) is 3.70. The van der Waals surface area contributed by atoms with Crippen LogP contribution in [0.3, 0.4) is 0 Å². The van der Waals surface area contributed by atoms with Gasteiger partial charge in [-0.2, -0.15) is 0 Å². The summed E-state index contributed by atoms with van der Waals surface area (Å²) in [6.45, 7) is 0. The van der Waals surface area contributed by atoms with Gasteiger partial charge in [0.2, 0.25) is 6.23 Å². The summed E-state index contributed by atoms with van der Waals surface area (Å²) in [7, 11) is -4.82. The van der Waals surface area contributed by atoms with Crippen LogP contribution in [0.25, 0.3) is 11.2 Å². The Hall–Kier alpha value is -2.24. The molecule has 3 rings (SSSR count). The van der Waals surface area contributed by atoms with Crippen molar-refractivity contribution >= 4 is 19.0 Å². The number of nitrogens with one attached hydrogen (secondary N) is 1. The van der Waals surface area contributed by atoms with Gasteiger partial charge in [0, 0.05) is 0 Å². The number of aliphatic hydroxyl groups is 2. The molecular formula is C10H11N4O8P. The minimum atomic E-state index is -4.82. The van der Waals surface area contributed by atoms with E-state index in [1.165, 1.54) is 10.9 Å². The second-order valence-electron chi connectivity index (χ2n) is 4.62. The molecule has 23 heavy (non-hydrogen) atoms. The van der Waals surface area contributed by atoms with E-state index >= 15 is 0 Å². The molecule has 0 bridgehead atoms. The fourth-order valence-corrected chi connectivity index (χ4v) is 2.33. The van der Waals surface area contributed by atoms with Gasteiger partial charge in [-0.1, -0.05) is 0 Å². The lowest BCUT2D eigenvalue weighted by Gasteiger charge is -2.15. The molecule has 1 aliphatic heterocycles. The predicted molar refractivity (Wildman–Crippen MR) is 71.5 cm³/mol. The number of imidazole rings is 1. The highest BCUT2D eigenvalue weighted by Gasteiger charge is 2.42. The van der Waals surface area contributed by atoms with Crippen LogP contribution in [-0.4, -0.2) is 51.7 Å². The van der Waals surface area contributed by atoms with E-state index in [2.05, 4.69) is 19.5 Å². The summed E-state index contributed by atoms with van der Waals surface area (Å²) in [6, 6.07) is 0. The molecule has 3 atom stereocenters. The second-order valence-corrected chi connectivity index (χ2v) is 5.81. The fourth-order valence-electron chi connectivity index (χ4n) is 2.09. The lowest BCUT2D eigenvalue weighted by Crippen LogP contribution is -2.27. The average molecular weight is 346 g/mol. The third-order valence-corrected chi connectivity index (χ3v) is 3.49. The minimum Gasteiger partial charge on any atom is -0.465 e. The van der Waals surface area contributed by atoms with Gasteiger partial charge in [0.15, 0.2) is 16.9 Å². The zero-order valence-electron chi connectivity index (χ0n) is 11.2. The molecule has 0 spiro atoms. The molecule has 13 heteroatoms. The number of ether oxygens (including phenoxy) is 1. The van der Waals surface area contributed by atoms with Crippen molar-refractivity contribution in [3.8, 4) is 0 Å². The smallest absolute Gasteiger partial charge is 0.465 e. The number of hydrogen-bond acceptors (Lipinski definition) is 8. The summed E-state index contributed by atoms with van der Waals surface area (Å²) in [4.78, 5) is 38.9. The van der Waals surface area contributed by atoms with Gasteiger partial charge in [-0.3, -0.25) is 19.1 Å². The van der Waals surface area contributed by atoms with Gasteiger partial charge in [-0.05, 0) is 0 Å². The van der Waals surface area contributed by atoms with Crippen molar-refractivity contribution in [1.29, 1.82) is 0 Å². The number of phosphoric acid groups is 1. The highest BCUT2D eigenvalue weighted by atomic mass is 31.2. The third kappa shape index (κ3) is 2.85. The first-order chi connectivity index (χ1) is 10.8. The average Bonchev–Trinajstić information content (AvgIpc) is 3.01. The van der Waals surface area contributed by atoms with Crippen molar-refractivity contribution in [3.63, 3.8) is 0 Å². The summed E-state index contributed by atoms with van der Waals surface area (Å²) in [5.41, 5.74) is -0.397. The van der Waals surface area contributed by atoms with Crippen molar-refractivity contribution in [2.75, 3.05) is 0 Å². The monoisotopic (exact) mass is 346 g/mol. The first-order valence-electron chi connectivity index (χ1n) is 6.15. The number of nitrogens with zero attached hydrogens (tertiary/aromatic N) is 3. The molecule has 1 aliphatic rings. The highest BCUT2D eigenvalue weighted by molar-refractivity contribution is 7.46. The van der Waals surface area contributed by atoms with Crippen LogP contribution in [0.1, 0.15) is 6.23 Å². The molecular weight excluding hydrogens is 335 g/mol. The Bertz CT molecular complexity index is 869. The van der Waals surface area contributed by atoms with Crippen molar-refractivity contribution in [3.05, 3.63) is 35.0 Å². The number of aromatic amines is 1. The molecule has 0 radical (unpaired) electrons. The van der Waals surface area contributed by atoms with Crippen LogP contribution in [0.2, 0.25) is 0 Å². The number of aliphatic hydroxyl groups excluding tert-OH is 2. The Morgan fingerprint density at radius 3 is 2.83 bits per heavy atom.